The van der Waals surface area contributed by atoms with Crippen molar-refractivity contribution in [1.29, 1.82) is 0 Å². The average Bonchev–Trinajstić information content (AvgIpc) is 2.31. The summed E-state index contributed by atoms with van der Waals surface area (Å²) in [5.41, 5.74) is -0.669. The lowest BCUT2D eigenvalue weighted by atomic mass is 10.1. The first-order chi connectivity index (χ1) is 9.53. The van der Waals surface area contributed by atoms with E-state index in [1.807, 2.05) is 0 Å². The van der Waals surface area contributed by atoms with Crippen molar-refractivity contribution in [2.24, 2.45) is 0 Å². The molecule has 21 heavy (non-hydrogen) atoms. The predicted molar refractivity (Wildman–Crippen MR) is 75.8 cm³/mol. The fourth-order valence-corrected chi connectivity index (χ4v) is 1.77. The van der Waals surface area contributed by atoms with Crippen LogP contribution in [-0.4, -0.2) is 34.7 Å². The normalized spacial score (nSPS) is 12.7. The summed E-state index contributed by atoms with van der Waals surface area (Å²) in [5, 5.41) is 9.18. The molecular weight excluding hydrogens is 301 g/mol. The molecule has 1 amide bonds. The highest BCUT2D eigenvalue weighted by Crippen LogP contribution is 2.25. The van der Waals surface area contributed by atoms with Gasteiger partial charge in [0.15, 0.2) is 6.04 Å². The predicted octanol–water partition coefficient (Wildman–Crippen LogP) is 3.47. The SMILES string of the molecule is CN(C(=O)OC(C)(C)C)C(C(=O)O)c1ccc(Cl)c(F)c1. The van der Waals surface area contributed by atoms with Crippen LogP contribution in [0.15, 0.2) is 18.2 Å². The quantitative estimate of drug-likeness (QED) is 0.927. The van der Waals surface area contributed by atoms with Gasteiger partial charge in [0.1, 0.15) is 11.4 Å². The van der Waals surface area contributed by atoms with Gasteiger partial charge in [0.05, 0.1) is 5.02 Å². The number of carbonyl (C=O) groups excluding carboxylic acids is 1. The van der Waals surface area contributed by atoms with Gasteiger partial charge in [-0.15, -0.1) is 0 Å². The molecule has 0 saturated carbocycles. The number of likely N-dealkylation sites (N-methyl/N-ethyl adjacent to an activating group) is 1. The van der Waals surface area contributed by atoms with Gasteiger partial charge in [0, 0.05) is 7.05 Å². The number of carbonyl (C=O) groups is 2. The second kappa shape index (κ2) is 6.30. The van der Waals surface area contributed by atoms with E-state index in [0.717, 1.165) is 11.0 Å². The van der Waals surface area contributed by atoms with Crippen LogP contribution in [0.2, 0.25) is 5.02 Å². The van der Waals surface area contributed by atoms with Crippen LogP contribution in [0.25, 0.3) is 0 Å². The number of benzene rings is 1. The molecule has 7 heteroatoms. The first-order valence-corrected chi connectivity index (χ1v) is 6.54. The van der Waals surface area contributed by atoms with Gasteiger partial charge in [0.25, 0.3) is 0 Å². The number of carboxylic acid groups (broad SMARTS) is 1. The van der Waals surface area contributed by atoms with Crippen molar-refractivity contribution in [3.63, 3.8) is 0 Å². The van der Waals surface area contributed by atoms with Crippen molar-refractivity contribution >= 4 is 23.7 Å². The highest BCUT2D eigenvalue weighted by atomic mass is 35.5. The molecule has 0 spiro atoms. The number of hydrogen-bond donors (Lipinski definition) is 1. The smallest absolute Gasteiger partial charge is 0.411 e. The van der Waals surface area contributed by atoms with Crippen LogP contribution in [0.5, 0.6) is 0 Å². The van der Waals surface area contributed by atoms with Gasteiger partial charge < -0.3 is 9.84 Å². The third-order valence-corrected chi connectivity index (χ3v) is 2.87. The Morgan fingerprint density at radius 2 is 1.95 bits per heavy atom. The van der Waals surface area contributed by atoms with Crippen molar-refractivity contribution < 1.29 is 23.8 Å². The van der Waals surface area contributed by atoms with E-state index in [2.05, 4.69) is 0 Å². The summed E-state index contributed by atoms with van der Waals surface area (Å²) in [6.07, 6.45) is -0.815. The third-order valence-electron chi connectivity index (χ3n) is 2.56. The maximum Gasteiger partial charge on any atom is 0.411 e. The number of amides is 1. The highest BCUT2D eigenvalue weighted by molar-refractivity contribution is 6.30. The summed E-state index contributed by atoms with van der Waals surface area (Å²) in [6, 6.07) is 2.21. The summed E-state index contributed by atoms with van der Waals surface area (Å²) in [7, 11) is 1.28. The number of hydrogen-bond acceptors (Lipinski definition) is 3. The minimum absolute atomic E-state index is 0.0951. The molecule has 0 aliphatic carbocycles. The average molecular weight is 318 g/mol. The molecule has 1 aromatic carbocycles. The van der Waals surface area contributed by atoms with Crippen molar-refractivity contribution in [2.75, 3.05) is 7.05 Å². The summed E-state index contributed by atoms with van der Waals surface area (Å²) in [6.45, 7) is 4.99. The third kappa shape index (κ3) is 4.60. The van der Waals surface area contributed by atoms with Gasteiger partial charge >= 0.3 is 12.1 Å². The Hall–Kier alpha value is -1.82. The Kier molecular flexibility index (Phi) is 5.17. The zero-order chi connectivity index (χ0) is 16.4. The van der Waals surface area contributed by atoms with Crippen molar-refractivity contribution in [3.05, 3.63) is 34.6 Å². The first kappa shape index (κ1) is 17.2. The number of carboxylic acids is 1. The summed E-state index contributed by atoms with van der Waals surface area (Å²) < 4.78 is 18.6. The second-order valence-corrected chi connectivity index (χ2v) is 5.91. The molecule has 0 saturated heterocycles. The zero-order valence-electron chi connectivity index (χ0n) is 12.2. The highest BCUT2D eigenvalue weighted by Gasteiger charge is 2.31. The molecule has 1 rings (SSSR count). The largest absolute Gasteiger partial charge is 0.479 e. The van der Waals surface area contributed by atoms with Gasteiger partial charge in [-0.05, 0) is 38.5 Å². The molecule has 0 aliphatic heterocycles. The molecule has 0 aliphatic rings. The maximum atomic E-state index is 13.5. The lowest BCUT2D eigenvalue weighted by Crippen LogP contribution is -2.39. The van der Waals surface area contributed by atoms with Gasteiger partial charge in [-0.1, -0.05) is 17.7 Å². The van der Waals surface area contributed by atoms with Crippen LogP contribution < -0.4 is 0 Å². The standard InChI is InChI=1S/C14H17ClFNO4/c1-14(2,3)21-13(20)17(4)11(12(18)19)8-5-6-9(15)10(16)7-8/h5-7,11H,1-4H3,(H,18,19). The summed E-state index contributed by atoms with van der Waals surface area (Å²) in [4.78, 5) is 24.3. The summed E-state index contributed by atoms with van der Waals surface area (Å²) >= 11 is 5.57. The second-order valence-electron chi connectivity index (χ2n) is 5.51. The van der Waals surface area contributed by atoms with E-state index in [-0.39, 0.29) is 10.6 Å². The molecule has 0 heterocycles. The molecule has 116 valence electrons. The van der Waals surface area contributed by atoms with Crippen molar-refractivity contribution in [1.82, 2.24) is 4.90 Å². The first-order valence-electron chi connectivity index (χ1n) is 6.16. The Bertz CT molecular complexity index is 556. The minimum atomic E-state index is -1.37. The zero-order valence-corrected chi connectivity index (χ0v) is 12.9. The van der Waals surface area contributed by atoms with Crippen LogP contribution in [0.3, 0.4) is 0 Å². The van der Waals surface area contributed by atoms with Gasteiger partial charge in [0.2, 0.25) is 0 Å². The maximum absolute atomic E-state index is 13.5. The van der Waals surface area contributed by atoms with Gasteiger partial charge in [-0.25, -0.2) is 14.0 Å². The molecule has 0 fully saturated rings. The number of halogens is 2. The Balaban J connectivity index is 3.09. The van der Waals surface area contributed by atoms with Gasteiger partial charge in [-0.2, -0.15) is 0 Å². The molecular formula is C14H17ClFNO4. The van der Waals surface area contributed by atoms with Crippen LogP contribution in [0.4, 0.5) is 9.18 Å². The van der Waals surface area contributed by atoms with E-state index in [1.165, 1.54) is 19.2 Å². The van der Waals surface area contributed by atoms with Gasteiger partial charge in [-0.3, -0.25) is 4.90 Å². The van der Waals surface area contributed by atoms with Crippen LogP contribution in [-0.2, 0) is 9.53 Å². The minimum Gasteiger partial charge on any atom is -0.479 e. The molecule has 5 nitrogen and oxygen atoms in total. The molecule has 0 bridgehead atoms. The molecule has 1 atom stereocenters. The number of nitrogens with zero attached hydrogens (tertiary/aromatic N) is 1. The molecule has 1 unspecified atom stereocenters. The Morgan fingerprint density at radius 1 is 1.38 bits per heavy atom. The Morgan fingerprint density at radius 3 is 2.38 bits per heavy atom. The lowest BCUT2D eigenvalue weighted by molar-refractivity contribution is -0.142. The van der Waals surface area contributed by atoms with Crippen molar-refractivity contribution in [2.45, 2.75) is 32.4 Å². The topological polar surface area (TPSA) is 66.8 Å². The molecule has 1 aromatic rings. The number of ether oxygens (including phenoxy) is 1. The molecule has 0 radical (unpaired) electrons. The van der Waals surface area contributed by atoms with Crippen LogP contribution >= 0.6 is 11.6 Å². The van der Waals surface area contributed by atoms with E-state index in [4.69, 9.17) is 16.3 Å². The lowest BCUT2D eigenvalue weighted by Gasteiger charge is -2.28. The van der Waals surface area contributed by atoms with E-state index >= 15 is 0 Å². The number of rotatable bonds is 3. The van der Waals surface area contributed by atoms with E-state index in [9.17, 15) is 19.1 Å². The van der Waals surface area contributed by atoms with E-state index in [1.54, 1.807) is 20.8 Å². The van der Waals surface area contributed by atoms with E-state index in [0.29, 0.717) is 0 Å². The monoisotopic (exact) mass is 317 g/mol. The molecule has 1 N–H and O–H groups in total. The molecule has 0 aromatic heterocycles. The van der Waals surface area contributed by atoms with E-state index < -0.39 is 29.5 Å². The van der Waals surface area contributed by atoms with Crippen LogP contribution in [0, 0.1) is 5.82 Å². The van der Waals surface area contributed by atoms with Crippen LogP contribution in [0.1, 0.15) is 32.4 Å². The number of aliphatic carboxylic acids is 1. The fourth-order valence-electron chi connectivity index (χ4n) is 1.65. The van der Waals surface area contributed by atoms with Crippen molar-refractivity contribution in [3.8, 4) is 0 Å². The Labute approximate surface area is 127 Å². The summed E-state index contributed by atoms with van der Waals surface area (Å²) in [5.74, 6) is -2.05. The fraction of sp³-hybridized carbons (Fsp3) is 0.429.